The van der Waals surface area contributed by atoms with Gasteiger partial charge in [0.2, 0.25) is 0 Å². The summed E-state index contributed by atoms with van der Waals surface area (Å²) >= 11 is 0. The third-order valence-electron chi connectivity index (χ3n) is 1.84. The molecule has 0 aliphatic heterocycles. The lowest BCUT2D eigenvalue weighted by Gasteiger charge is -2.14. The zero-order chi connectivity index (χ0) is 9.82. The standard InChI is InChI=1S/C7H12O.C2H6.CH4O/c8-6-7-4-2-1-3-5-7;2*1-2/h6-7H,1-5H2;1-2H3;2H,1H3. The fourth-order valence-electron chi connectivity index (χ4n) is 1.27. The second kappa shape index (κ2) is 13.2. The van der Waals surface area contributed by atoms with Crippen molar-refractivity contribution in [2.75, 3.05) is 7.11 Å². The van der Waals surface area contributed by atoms with E-state index >= 15 is 0 Å². The molecule has 2 heteroatoms. The summed E-state index contributed by atoms with van der Waals surface area (Å²) in [5.41, 5.74) is 0. The molecule has 0 unspecified atom stereocenters. The minimum atomic E-state index is 0.406. The minimum absolute atomic E-state index is 0.406. The van der Waals surface area contributed by atoms with Gasteiger partial charge in [0.05, 0.1) is 0 Å². The average Bonchev–Trinajstić information content (AvgIpc) is 2.25. The molecule has 1 saturated carbocycles. The van der Waals surface area contributed by atoms with Crippen molar-refractivity contribution >= 4 is 6.29 Å². The Morgan fingerprint density at radius 2 is 1.50 bits per heavy atom. The first kappa shape index (κ1) is 14.2. The van der Waals surface area contributed by atoms with E-state index in [1.54, 1.807) is 0 Å². The molecule has 0 radical (unpaired) electrons. The molecule has 0 saturated heterocycles. The number of carbonyl (C=O) groups is 1. The van der Waals surface area contributed by atoms with Crippen LogP contribution in [0.1, 0.15) is 46.0 Å². The van der Waals surface area contributed by atoms with Gasteiger partial charge < -0.3 is 9.90 Å². The number of hydrogen-bond acceptors (Lipinski definition) is 2. The molecule has 0 spiro atoms. The Morgan fingerprint density at radius 3 is 1.75 bits per heavy atom. The Kier molecular flexibility index (Phi) is 15.6. The van der Waals surface area contributed by atoms with Crippen LogP contribution in [0, 0.1) is 5.92 Å². The number of carbonyl (C=O) groups excluding carboxylic acids is 1. The van der Waals surface area contributed by atoms with Crippen LogP contribution in [0.25, 0.3) is 0 Å². The molecule has 1 rings (SSSR count). The third kappa shape index (κ3) is 7.73. The highest BCUT2D eigenvalue weighted by molar-refractivity contribution is 5.53. The van der Waals surface area contributed by atoms with E-state index in [-0.39, 0.29) is 0 Å². The fourth-order valence-corrected chi connectivity index (χ4v) is 1.27. The summed E-state index contributed by atoms with van der Waals surface area (Å²) < 4.78 is 0. The molecule has 0 amide bonds. The van der Waals surface area contributed by atoms with Crippen molar-refractivity contribution in [3.63, 3.8) is 0 Å². The third-order valence-corrected chi connectivity index (χ3v) is 1.84. The largest absolute Gasteiger partial charge is 0.400 e. The van der Waals surface area contributed by atoms with E-state index in [1.165, 1.54) is 19.3 Å². The molecule has 0 bridgehead atoms. The fraction of sp³-hybridized carbons (Fsp3) is 0.900. The summed E-state index contributed by atoms with van der Waals surface area (Å²) in [6.45, 7) is 4.00. The summed E-state index contributed by atoms with van der Waals surface area (Å²) in [6, 6.07) is 0. The monoisotopic (exact) mass is 174 g/mol. The Labute approximate surface area is 76.0 Å². The number of aliphatic hydroxyl groups excluding tert-OH is 1. The van der Waals surface area contributed by atoms with Gasteiger partial charge in [0.1, 0.15) is 6.29 Å². The predicted molar refractivity (Wildman–Crippen MR) is 52.1 cm³/mol. The molecule has 74 valence electrons. The van der Waals surface area contributed by atoms with Crippen LogP contribution in [0.2, 0.25) is 0 Å². The highest BCUT2D eigenvalue weighted by Crippen LogP contribution is 2.21. The Morgan fingerprint density at radius 1 is 1.08 bits per heavy atom. The summed E-state index contributed by atoms with van der Waals surface area (Å²) in [6.07, 6.45) is 7.27. The van der Waals surface area contributed by atoms with Crippen LogP contribution in [-0.4, -0.2) is 18.5 Å². The molecule has 0 aromatic rings. The van der Waals surface area contributed by atoms with Crippen LogP contribution in [0.3, 0.4) is 0 Å². The Hall–Kier alpha value is -0.370. The lowest BCUT2D eigenvalue weighted by atomic mass is 9.91. The zero-order valence-corrected chi connectivity index (χ0v) is 8.55. The van der Waals surface area contributed by atoms with Gasteiger partial charge in [0.15, 0.2) is 0 Å². The van der Waals surface area contributed by atoms with Gasteiger partial charge in [0.25, 0.3) is 0 Å². The van der Waals surface area contributed by atoms with Crippen LogP contribution >= 0.6 is 0 Å². The van der Waals surface area contributed by atoms with Gasteiger partial charge in [-0.3, -0.25) is 0 Å². The summed E-state index contributed by atoms with van der Waals surface area (Å²) in [7, 11) is 1.00. The van der Waals surface area contributed by atoms with E-state index in [4.69, 9.17) is 5.11 Å². The van der Waals surface area contributed by atoms with Crippen molar-refractivity contribution in [3.8, 4) is 0 Å². The van der Waals surface area contributed by atoms with E-state index in [0.717, 1.165) is 26.2 Å². The molecule has 1 aliphatic rings. The molecule has 1 aliphatic carbocycles. The quantitative estimate of drug-likeness (QED) is 0.620. The van der Waals surface area contributed by atoms with Crippen molar-refractivity contribution in [2.45, 2.75) is 46.0 Å². The van der Waals surface area contributed by atoms with Gasteiger partial charge in [0, 0.05) is 13.0 Å². The van der Waals surface area contributed by atoms with E-state index in [0.29, 0.717) is 5.92 Å². The zero-order valence-electron chi connectivity index (χ0n) is 8.55. The number of aliphatic hydroxyl groups is 1. The van der Waals surface area contributed by atoms with Crippen LogP contribution in [0.5, 0.6) is 0 Å². The summed E-state index contributed by atoms with van der Waals surface area (Å²) in [4.78, 5) is 10.2. The van der Waals surface area contributed by atoms with Gasteiger partial charge in [-0.25, -0.2) is 0 Å². The van der Waals surface area contributed by atoms with Crippen molar-refractivity contribution in [1.29, 1.82) is 0 Å². The molecule has 1 N–H and O–H groups in total. The van der Waals surface area contributed by atoms with E-state index in [1.807, 2.05) is 13.8 Å². The number of rotatable bonds is 1. The maximum absolute atomic E-state index is 10.2. The SMILES string of the molecule is CC.CO.O=CC1CCCCC1. The van der Waals surface area contributed by atoms with Crippen LogP contribution in [0.4, 0.5) is 0 Å². The first-order chi connectivity index (χ1) is 5.93. The number of hydrogen-bond donors (Lipinski definition) is 1. The van der Waals surface area contributed by atoms with Crippen LogP contribution < -0.4 is 0 Å². The Bertz CT molecular complexity index is 75.9. The molecule has 0 aromatic carbocycles. The first-order valence-corrected chi connectivity index (χ1v) is 4.83. The van der Waals surface area contributed by atoms with Gasteiger partial charge >= 0.3 is 0 Å². The molecule has 12 heavy (non-hydrogen) atoms. The van der Waals surface area contributed by atoms with Gasteiger partial charge in [-0.2, -0.15) is 0 Å². The van der Waals surface area contributed by atoms with Gasteiger partial charge in [-0.05, 0) is 12.8 Å². The molecular weight excluding hydrogens is 152 g/mol. The Balaban J connectivity index is 0. The normalized spacial score (nSPS) is 16.3. The second-order valence-corrected chi connectivity index (χ2v) is 2.53. The molecule has 0 aromatic heterocycles. The van der Waals surface area contributed by atoms with E-state index < -0.39 is 0 Å². The van der Waals surface area contributed by atoms with Crippen LogP contribution in [0.15, 0.2) is 0 Å². The van der Waals surface area contributed by atoms with Crippen molar-refractivity contribution < 1.29 is 9.90 Å². The lowest BCUT2D eigenvalue weighted by molar-refractivity contribution is -0.111. The molecule has 1 fully saturated rings. The van der Waals surface area contributed by atoms with Crippen molar-refractivity contribution in [1.82, 2.24) is 0 Å². The molecular formula is C10H22O2. The predicted octanol–water partition coefficient (Wildman–Crippen LogP) is 2.40. The second-order valence-electron chi connectivity index (χ2n) is 2.53. The maximum atomic E-state index is 10.2. The molecule has 0 atom stereocenters. The smallest absolute Gasteiger partial charge is 0.123 e. The minimum Gasteiger partial charge on any atom is -0.400 e. The van der Waals surface area contributed by atoms with Crippen molar-refractivity contribution in [3.05, 3.63) is 0 Å². The maximum Gasteiger partial charge on any atom is 0.123 e. The highest BCUT2D eigenvalue weighted by atomic mass is 16.2. The lowest BCUT2D eigenvalue weighted by Crippen LogP contribution is -2.06. The first-order valence-electron chi connectivity index (χ1n) is 4.83. The van der Waals surface area contributed by atoms with Gasteiger partial charge in [-0.15, -0.1) is 0 Å². The topological polar surface area (TPSA) is 37.3 Å². The summed E-state index contributed by atoms with van der Waals surface area (Å²) in [5.74, 6) is 0.406. The highest BCUT2D eigenvalue weighted by Gasteiger charge is 2.10. The van der Waals surface area contributed by atoms with E-state index in [9.17, 15) is 4.79 Å². The number of aldehydes is 1. The molecule has 0 heterocycles. The average molecular weight is 174 g/mol. The van der Waals surface area contributed by atoms with E-state index in [2.05, 4.69) is 0 Å². The molecule has 2 nitrogen and oxygen atoms in total. The van der Waals surface area contributed by atoms with Crippen LogP contribution in [-0.2, 0) is 4.79 Å². The summed E-state index contributed by atoms with van der Waals surface area (Å²) in [5, 5.41) is 7.00. The van der Waals surface area contributed by atoms with Gasteiger partial charge in [-0.1, -0.05) is 33.1 Å². The van der Waals surface area contributed by atoms with Crippen molar-refractivity contribution in [2.24, 2.45) is 5.92 Å².